The molecule has 0 bridgehead atoms. The molecular weight excluding hydrogens is 347 g/mol. The molecule has 4 unspecified atom stereocenters. The van der Waals surface area contributed by atoms with Crippen molar-refractivity contribution in [1.29, 1.82) is 0 Å². The maximum atomic E-state index is 13.3. The van der Waals surface area contributed by atoms with Gasteiger partial charge < -0.3 is 4.74 Å². The molecule has 28 heavy (non-hydrogen) atoms. The van der Waals surface area contributed by atoms with Gasteiger partial charge in [-0.2, -0.15) is 0 Å². The van der Waals surface area contributed by atoms with Crippen LogP contribution in [0.4, 0.5) is 4.39 Å². The largest absolute Gasteiger partial charge is 0.377 e. The van der Waals surface area contributed by atoms with Crippen LogP contribution in [0.2, 0.25) is 0 Å². The highest BCUT2D eigenvalue weighted by molar-refractivity contribution is 5.19. The van der Waals surface area contributed by atoms with Crippen molar-refractivity contribution >= 4 is 0 Å². The monoisotopic (exact) mass is 382 g/mol. The van der Waals surface area contributed by atoms with Crippen LogP contribution in [0.1, 0.15) is 63.9 Å². The summed E-state index contributed by atoms with van der Waals surface area (Å²) in [5.41, 5.74) is 3.11. The summed E-state index contributed by atoms with van der Waals surface area (Å²) < 4.78 is 19.8. The van der Waals surface area contributed by atoms with Gasteiger partial charge in [0.2, 0.25) is 0 Å². The van der Waals surface area contributed by atoms with E-state index in [2.05, 4.69) is 25.7 Å². The first-order valence-electron chi connectivity index (χ1n) is 11.3. The van der Waals surface area contributed by atoms with E-state index in [-0.39, 0.29) is 11.2 Å². The molecular formula is C26H35FO. The summed E-state index contributed by atoms with van der Waals surface area (Å²) >= 11 is 0. The van der Waals surface area contributed by atoms with Gasteiger partial charge in [0.1, 0.15) is 5.82 Å². The summed E-state index contributed by atoms with van der Waals surface area (Å²) in [5, 5.41) is 0. The molecule has 2 aliphatic carbocycles. The number of hydrogen-bond acceptors (Lipinski definition) is 1. The second-order valence-electron chi connectivity index (χ2n) is 9.59. The van der Waals surface area contributed by atoms with E-state index in [4.69, 9.17) is 4.74 Å². The molecule has 152 valence electrons. The van der Waals surface area contributed by atoms with Crippen LogP contribution in [0.15, 0.2) is 48.6 Å². The van der Waals surface area contributed by atoms with Crippen molar-refractivity contribution in [3.05, 3.63) is 60.0 Å². The SMILES string of the molecule is C=CC(C1CC[C@H](C2=CCC2)CO1)C1CCCCC1(C)Cc1ccc(F)cc1. The van der Waals surface area contributed by atoms with Gasteiger partial charge in [-0.15, -0.1) is 6.58 Å². The normalized spacial score (nSPS) is 34.2. The van der Waals surface area contributed by atoms with Crippen molar-refractivity contribution < 1.29 is 9.13 Å². The quantitative estimate of drug-likeness (QED) is 0.487. The Balaban J connectivity index is 1.47. The molecule has 3 aliphatic rings. The van der Waals surface area contributed by atoms with Gasteiger partial charge >= 0.3 is 0 Å². The van der Waals surface area contributed by atoms with Crippen molar-refractivity contribution in [2.24, 2.45) is 23.2 Å². The van der Waals surface area contributed by atoms with Crippen LogP contribution in [0.25, 0.3) is 0 Å². The lowest BCUT2D eigenvalue weighted by molar-refractivity contribution is -0.0669. The molecule has 1 heterocycles. The van der Waals surface area contributed by atoms with E-state index in [1.165, 1.54) is 50.5 Å². The highest BCUT2D eigenvalue weighted by Crippen LogP contribution is 2.50. The molecule has 2 fully saturated rings. The Kier molecular flexibility index (Phi) is 6.06. The van der Waals surface area contributed by atoms with Crippen molar-refractivity contribution in [1.82, 2.24) is 0 Å². The maximum Gasteiger partial charge on any atom is 0.123 e. The van der Waals surface area contributed by atoms with Crippen molar-refractivity contribution in [2.75, 3.05) is 6.61 Å². The van der Waals surface area contributed by atoms with E-state index in [1.54, 1.807) is 17.7 Å². The summed E-state index contributed by atoms with van der Waals surface area (Å²) in [4.78, 5) is 0. The molecule has 0 N–H and O–H groups in total. The Morgan fingerprint density at radius 1 is 1.21 bits per heavy atom. The number of allylic oxidation sites excluding steroid dienone is 1. The minimum Gasteiger partial charge on any atom is -0.377 e. The third-order valence-corrected chi connectivity index (χ3v) is 7.77. The van der Waals surface area contributed by atoms with Gasteiger partial charge in [0.15, 0.2) is 0 Å². The van der Waals surface area contributed by atoms with E-state index >= 15 is 0 Å². The zero-order valence-electron chi connectivity index (χ0n) is 17.3. The van der Waals surface area contributed by atoms with Crippen LogP contribution >= 0.6 is 0 Å². The standard InChI is InChI=1S/C26H35FO/c1-3-23(25-15-12-21(18-28-25)20-7-6-8-20)24-9-4-5-16-26(24,2)17-19-10-13-22(27)14-11-19/h3,7,10-11,13-14,21,23-25H,1,4-6,8-9,12,15-18H2,2H3/t21-,23?,24?,25?,26?/m0/s1. The predicted octanol–water partition coefficient (Wildman–Crippen LogP) is 6.88. The highest BCUT2D eigenvalue weighted by atomic mass is 19.1. The number of ether oxygens (including phenoxy) is 1. The highest BCUT2D eigenvalue weighted by Gasteiger charge is 2.43. The van der Waals surface area contributed by atoms with Gasteiger partial charge in [0.05, 0.1) is 12.7 Å². The van der Waals surface area contributed by atoms with Crippen LogP contribution < -0.4 is 0 Å². The summed E-state index contributed by atoms with van der Waals surface area (Å²) in [6.07, 6.45) is 16.0. The third-order valence-electron chi connectivity index (χ3n) is 7.77. The number of hydrogen-bond donors (Lipinski definition) is 0. The lowest BCUT2D eigenvalue weighted by Crippen LogP contribution is -2.44. The summed E-state index contributed by atoms with van der Waals surface area (Å²) in [7, 11) is 0. The Morgan fingerprint density at radius 3 is 2.61 bits per heavy atom. The van der Waals surface area contributed by atoms with Crippen molar-refractivity contribution in [2.45, 2.75) is 70.8 Å². The first kappa shape index (κ1) is 19.9. The molecule has 5 atom stereocenters. The molecule has 1 aromatic rings. The molecule has 0 amide bonds. The van der Waals surface area contributed by atoms with Gasteiger partial charge in [0.25, 0.3) is 0 Å². The minimum absolute atomic E-state index is 0.148. The Labute approximate surface area is 170 Å². The van der Waals surface area contributed by atoms with Gasteiger partial charge in [-0.1, -0.05) is 49.6 Å². The summed E-state index contributed by atoms with van der Waals surface area (Å²) in [6, 6.07) is 7.12. The van der Waals surface area contributed by atoms with Gasteiger partial charge in [-0.25, -0.2) is 4.39 Å². The molecule has 1 saturated carbocycles. The van der Waals surface area contributed by atoms with E-state index in [9.17, 15) is 4.39 Å². The first-order chi connectivity index (χ1) is 13.6. The van der Waals surface area contributed by atoms with Gasteiger partial charge in [-0.05, 0) is 74.0 Å². The zero-order chi connectivity index (χ0) is 19.6. The average Bonchev–Trinajstić information content (AvgIpc) is 2.66. The Bertz CT molecular complexity index is 698. The van der Waals surface area contributed by atoms with Crippen LogP contribution in [0.3, 0.4) is 0 Å². The molecule has 0 spiro atoms. The molecule has 1 nitrogen and oxygen atoms in total. The van der Waals surface area contributed by atoms with Crippen molar-refractivity contribution in [3.63, 3.8) is 0 Å². The smallest absolute Gasteiger partial charge is 0.123 e. The van der Waals surface area contributed by atoms with Crippen LogP contribution in [-0.4, -0.2) is 12.7 Å². The molecule has 1 aromatic carbocycles. The number of halogens is 1. The minimum atomic E-state index is -0.148. The van der Waals surface area contributed by atoms with Gasteiger partial charge in [0, 0.05) is 11.8 Å². The predicted molar refractivity (Wildman–Crippen MR) is 114 cm³/mol. The van der Waals surface area contributed by atoms with Crippen LogP contribution in [0, 0.1) is 29.0 Å². The summed E-state index contributed by atoms with van der Waals surface area (Å²) in [5.74, 6) is 1.52. The average molecular weight is 383 g/mol. The zero-order valence-corrected chi connectivity index (χ0v) is 17.3. The lowest BCUT2D eigenvalue weighted by atomic mass is 9.59. The van der Waals surface area contributed by atoms with E-state index < -0.39 is 0 Å². The fourth-order valence-electron chi connectivity index (χ4n) is 6.00. The fraction of sp³-hybridized carbons (Fsp3) is 0.615. The van der Waals surface area contributed by atoms with Crippen LogP contribution in [-0.2, 0) is 11.2 Å². The van der Waals surface area contributed by atoms with Gasteiger partial charge in [-0.3, -0.25) is 0 Å². The Hall–Kier alpha value is -1.41. The van der Waals surface area contributed by atoms with E-state index in [1.807, 2.05) is 12.1 Å². The lowest BCUT2D eigenvalue weighted by Gasteiger charge is -2.48. The van der Waals surface area contributed by atoms with Crippen molar-refractivity contribution in [3.8, 4) is 0 Å². The fourth-order valence-corrected chi connectivity index (χ4v) is 6.00. The first-order valence-corrected chi connectivity index (χ1v) is 11.3. The molecule has 0 radical (unpaired) electrons. The molecule has 0 aromatic heterocycles. The van der Waals surface area contributed by atoms with Crippen LogP contribution in [0.5, 0.6) is 0 Å². The maximum absolute atomic E-state index is 13.3. The molecule has 2 heteroatoms. The topological polar surface area (TPSA) is 9.23 Å². The summed E-state index contributed by atoms with van der Waals surface area (Å²) in [6.45, 7) is 7.57. The third kappa shape index (κ3) is 4.13. The van der Waals surface area contributed by atoms with E-state index in [0.717, 1.165) is 19.4 Å². The number of rotatable bonds is 6. The second-order valence-corrected chi connectivity index (χ2v) is 9.59. The molecule has 4 rings (SSSR count). The second kappa shape index (κ2) is 8.53. The van der Waals surface area contributed by atoms with E-state index in [0.29, 0.717) is 23.9 Å². The Morgan fingerprint density at radius 2 is 2.00 bits per heavy atom. The molecule has 1 aliphatic heterocycles. The number of benzene rings is 1. The molecule has 1 saturated heterocycles.